The molecule has 1 aromatic carbocycles. The Morgan fingerprint density at radius 1 is 1.15 bits per heavy atom. The van der Waals surface area contributed by atoms with E-state index in [9.17, 15) is 31.1 Å². The number of benzene rings is 1. The molecule has 2 aromatic rings. The number of aromatic nitrogens is 1. The fourth-order valence-corrected chi connectivity index (χ4v) is 2.59. The molecule has 10 heteroatoms. The Balaban J connectivity index is 2.13. The Labute approximate surface area is 155 Å². The highest BCUT2D eigenvalue weighted by molar-refractivity contribution is 6.31. The molecule has 3 nitrogen and oxygen atoms in total. The highest BCUT2D eigenvalue weighted by Crippen LogP contribution is 2.32. The first kappa shape index (κ1) is 21.0. The molecular weight excluding hydrogens is 398 g/mol. The van der Waals surface area contributed by atoms with Crippen LogP contribution in [0.25, 0.3) is 0 Å². The molecule has 2 rings (SSSR count). The number of nitrogens with zero attached hydrogens (tertiary/aromatic N) is 1. The predicted octanol–water partition coefficient (Wildman–Crippen LogP) is 5.13. The molecule has 0 aliphatic carbocycles. The number of rotatable bonds is 4. The lowest BCUT2D eigenvalue weighted by atomic mass is 10.1. The molecular formula is C17H13ClF6N2O. The van der Waals surface area contributed by atoms with E-state index in [1.165, 1.54) is 13.0 Å². The second kappa shape index (κ2) is 7.75. The van der Waals surface area contributed by atoms with Crippen LogP contribution in [0.5, 0.6) is 0 Å². The average molecular weight is 411 g/mol. The minimum absolute atomic E-state index is 0.0586. The normalized spacial score (nSPS) is 13.3. The molecule has 1 atom stereocenters. The molecule has 1 amide bonds. The van der Waals surface area contributed by atoms with Crippen molar-refractivity contribution in [2.75, 3.05) is 0 Å². The molecule has 0 saturated carbocycles. The van der Waals surface area contributed by atoms with E-state index in [1.54, 1.807) is 0 Å². The van der Waals surface area contributed by atoms with Crippen LogP contribution in [-0.4, -0.2) is 16.9 Å². The first-order valence-corrected chi connectivity index (χ1v) is 7.96. The molecule has 0 fully saturated rings. The quantitative estimate of drug-likeness (QED) is 0.710. The van der Waals surface area contributed by atoms with Crippen LogP contribution in [0.3, 0.4) is 0 Å². The van der Waals surface area contributed by atoms with E-state index in [4.69, 9.17) is 11.6 Å². The topological polar surface area (TPSA) is 42.0 Å². The van der Waals surface area contributed by atoms with Gasteiger partial charge in [0.2, 0.25) is 0 Å². The van der Waals surface area contributed by atoms with Crippen LogP contribution in [0, 0.1) is 0 Å². The molecule has 0 aliphatic rings. The van der Waals surface area contributed by atoms with Crippen molar-refractivity contribution in [3.8, 4) is 0 Å². The van der Waals surface area contributed by atoms with Crippen LogP contribution in [0.4, 0.5) is 26.3 Å². The average Bonchev–Trinajstić information content (AvgIpc) is 2.55. The SMILES string of the molecule is CC(Cc1ncc(C(F)(F)F)cc1Cl)NC(=O)c1ccccc1C(F)(F)F. The largest absolute Gasteiger partial charge is 0.417 e. The molecule has 1 heterocycles. The van der Waals surface area contributed by atoms with Gasteiger partial charge >= 0.3 is 12.4 Å². The Morgan fingerprint density at radius 3 is 2.33 bits per heavy atom. The fourth-order valence-electron chi connectivity index (χ4n) is 2.34. The zero-order chi connectivity index (χ0) is 20.4. The number of hydrogen-bond acceptors (Lipinski definition) is 2. The van der Waals surface area contributed by atoms with Gasteiger partial charge in [0.05, 0.1) is 27.4 Å². The number of halogens is 7. The van der Waals surface area contributed by atoms with Crippen molar-refractivity contribution in [3.05, 3.63) is 63.9 Å². The van der Waals surface area contributed by atoms with E-state index in [0.29, 0.717) is 12.3 Å². The lowest BCUT2D eigenvalue weighted by molar-refractivity contribution is -0.138. The van der Waals surface area contributed by atoms with E-state index in [2.05, 4.69) is 10.3 Å². The number of hydrogen-bond donors (Lipinski definition) is 1. The van der Waals surface area contributed by atoms with Crippen LogP contribution in [0.2, 0.25) is 5.02 Å². The number of carbonyl (C=O) groups is 1. The molecule has 0 radical (unpaired) electrons. The molecule has 146 valence electrons. The Bertz CT molecular complexity index is 835. The minimum atomic E-state index is -4.70. The Morgan fingerprint density at radius 2 is 1.78 bits per heavy atom. The van der Waals surface area contributed by atoms with Gasteiger partial charge in [-0.1, -0.05) is 23.7 Å². The zero-order valence-electron chi connectivity index (χ0n) is 13.7. The minimum Gasteiger partial charge on any atom is -0.349 e. The van der Waals surface area contributed by atoms with Gasteiger partial charge in [0.15, 0.2) is 0 Å². The molecule has 27 heavy (non-hydrogen) atoms. The smallest absolute Gasteiger partial charge is 0.349 e. The summed E-state index contributed by atoms with van der Waals surface area (Å²) in [6.07, 6.45) is -8.75. The van der Waals surface area contributed by atoms with Crippen molar-refractivity contribution < 1.29 is 31.1 Å². The van der Waals surface area contributed by atoms with Crippen molar-refractivity contribution >= 4 is 17.5 Å². The Kier molecular flexibility index (Phi) is 6.04. The monoisotopic (exact) mass is 410 g/mol. The second-order valence-electron chi connectivity index (χ2n) is 5.77. The summed E-state index contributed by atoms with van der Waals surface area (Å²) < 4.78 is 76.8. The molecule has 0 spiro atoms. The van der Waals surface area contributed by atoms with Gasteiger partial charge in [-0.15, -0.1) is 0 Å². The maximum atomic E-state index is 13.0. The molecule has 1 unspecified atom stereocenters. The van der Waals surface area contributed by atoms with Crippen LogP contribution in [-0.2, 0) is 18.8 Å². The number of amides is 1. The molecule has 1 aromatic heterocycles. The van der Waals surface area contributed by atoms with E-state index >= 15 is 0 Å². The summed E-state index contributed by atoms with van der Waals surface area (Å²) in [5.74, 6) is -0.960. The van der Waals surface area contributed by atoms with Crippen molar-refractivity contribution in [1.82, 2.24) is 10.3 Å². The highest BCUT2D eigenvalue weighted by atomic mass is 35.5. The number of pyridine rings is 1. The predicted molar refractivity (Wildman–Crippen MR) is 86.3 cm³/mol. The van der Waals surface area contributed by atoms with Gasteiger partial charge in [-0.2, -0.15) is 26.3 Å². The highest BCUT2D eigenvalue weighted by Gasteiger charge is 2.35. The lowest BCUT2D eigenvalue weighted by Crippen LogP contribution is -2.35. The van der Waals surface area contributed by atoms with Gasteiger partial charge in [0.25, 0.3) is 5.91 Å². The van der Waals surface area contributed by atoms with Crippen LogP contribution >= 0.6 is 11.6 Å². The van der Waals surface area contributed by atoms with Crippen molar-refractivity contribution in [1.29, 1.82) is 0 Å². The van der Waals surface area contributed by atoms with Crippen LogP contribution in [0.15, 0.2) is 36.5 Å². The first-order chi connectivity index (χ1) is 12.4. The number of carbonyl (C=O) groups excluding carboxylic acids is 1. The third kappa shape index (κ3) is 5.35. The van der Waals surface area contributed by atoms with Gasteiger partial charge in [0, 0.05) is 18.7 Å². The third-order valence-electron chi connectivity index (χ3n) is 3.60. The van der Waals surface area contributed by atoms with E-state index in [-0.39, 0.29) is 17.1 Å². The van der Waals surface area contributed by atoms with Gasteiger partial charge < -0.3 is 5.32 Å². The maximum absolute atomic E-state index is 13.0. The summed E-state index contributed by atoms with van der Waals surface area (Å²) >= 11 is 5.79. The summed E-state index contributed by atoms with van der Waals surface area (Å²) in [5, 5.41) is 2.12. The second-order valence-corrected chi connectivity index (χ2v) is 6.18. The van der Waals surface area contributed by atoms with E-state index < -0.39 is 41.0 Å². The van der Waals surface area contributed by atoms with Gasteiger partial charge in [-0.25, -0.2) is 0 Å². The zero-order valence-corrected chi connectivity index (χ0v) is 14.5. The van der Waals surface area contributed by atoms with Crippen molar-refractivity contribution in [3.63, 3.8) is 0 Å². The standard InChI is InChI=1S/C17H13ClF6N2O/c1-9(6-14-13(18)7-10(8-25-14)16(19,20)21)26-15(27)11-4-2-3-5-12(11)17(22,23)24/h2-5,7-9H,6H2,1H3,(H,26,27). The molecule has 1 N–H and O–H groups in total. The van der Waals surface area contributed by atoms with Gasteiger partial charge in [-0.3, -0.25) is 9.78 Å². The number of alkyl halides is 6. The van der Waals surface area contributed by atoms with Crippen LogP contribution < -0.4 is 5.32 Å². The molecule has 0 bridgehead atoms. The van der Waals surface area contributed by atoms with Crippen LogP contribution in [0.1, 0.15) is 34.1 Å². The van der Waals surface area contributed by atoms with Crippen molar-refractivity contribution in [2.24, 2.45) is 0 Å². The van der Waals surface area contributed by atoms with Gasteiger partial charge in [0.1, 0.15) is 0 Å². The lowest BCUT2D eigenvalue weighted by Gasteiger charge is -2.17. The molecule has 0 aliphatic heterocycles. The summed E-state index contributed by atoms with van der Waals surface area (Å²) in [7, 11) is 0. The first-order valence-electron chi connectivity index (χ1n) is 7.58. The maximum Gasteiger partial charge on any atom is 0.417 e. The molecule has 0 saturated heterocycles. The summed E-state index contributed by atoms with van der Waals surface area (Å²) in [4.78, 5) is 15.8. The Hall–Kier alpha value is -2.29. The summed E-state index contributed by atoms with van der Waals surface area (Å²) in [6, 6.07) is 4.26. The number of nitrogens with one attached hydrogen (secondary N) is 1. The van der Waals surface area contributed by atoms with Gasteiger partial charge in [-0.05, 0) is 25.1 Å². The fraction of sp³-hybridized carbons (Fsp3) is 0.294. The van der Waals surface area contributed by atoms with E-state index in [0.717, 1.165) is 18.2 Å². The summed E-state index contributed by atoms with van der Waals surface area (Å²) in [5.41, 5.74) is -2.57. The summed E-state index contributed by atoms with van der Waals surface area (Å²) in [6.45, 7) is 1.48. The van der Waals surface area contributed by atoms with E-state index in [1.807, 2.05) is 0 Å². The third-order valence-corrected chi connectivity index (χ3v) is 3.93. The van der Waals surface area contributed by atoms with Crippen molar-refractivity contribution in [2.45, 2.75) is 31.7 Å².